The van der Waals surface area contributed by atoms with Crippen LogP contribution in [0.2, 0.25) is 5.02 Å². The highest BCUT2D eigenvalue weighted by Gasteiger charge is 2.25. The quantitative estimate of drug-likeness (QED) is 0.441. The third-order valence-corrected chi connectivity index (χ3v) is 4.01. The standard InChI is InChI=1S/C20H20ClNO5/c1-4-26-20(25)19-13(3)22-12(2)18(19)16(23)11-27-17(24)10-7-14-5-8-15(21)9-6-14/h5-10,22H,4,11H2,1-3H3/b10-7+. The van der Waals surface area contributed by atoms with E-state index >= 15 is 0 Å². The zero-order valence-electron chi connectivity index (χ0n) is 15.3. The van der Waals surface area contributed by atoms with Crippen LogP contribution in [0.5, 0.6) is 0 Å². The van der Waals surface area contributed by atoms with Crippen LogP contribution in [0, 0.1) is 13.8 Å². The fourth-order valence-corrected chi connectivity index (χ4v) is 2.71. The van der Waals surface area contributed by atoms with Gasteiger partial charge in [-0.3, -0.25) is 4.79 Å². The summed E-state index contributed by atoms with van der Waals surface area (Å²) in [5, 5.41) is 0.592. The molecular weight excluding hydrogens is 370 g/mol. The number of aryl methyl sites for hydroxylation is 2. The number of Topliss-reactive ketones (excluding diaryl/α,β-unsaturated/α-hetero) is 1. The van der Waals surface area contributed by atoms with Gasteiger partial charge >= 0.3 is 11.9 Å². The molecule has 1 N–H and O–H groups in total. The molecule has 0 fully saturated rings. The van der Waals surface area contributed by atoms with Crippen molar-refractivity contribution in [1.82, 2.24) is 4.98 Å². The molecule has 0 amide bonds. The fourth-order valence-electron chi connectivity index (χ4n) is 2.58. The lowest BCUT2D eigenvalue weighted by Crippen LogP contribution is -2.17. The van der Waals surface area contributed by atoms with Gasteiger partial charge in [-0.1, -0.05) is 23.7 Å². The van der Waals surface area contributed by atoms with Gasteiger partial charge in [-0.2, -0.15) is 0 Å². The number of ether oxygens (including phenoxy) is 2. The highest BCUT2D eigenvalue weighted by molar-refractivity contribution is 6.30. The Morgan fingerprint density at radius 3 is 2.30 bits per heavy atom. The molecule has 1 aromatic heterocycles. The van der Waals surface area contributed by atoms with Crippen LogP contribution < -0.4 is 0 Å². The second kappa shape index (κ2) is 9.19. The number of benzene rings is 1. The van der Waals surface area contributed by atoms with Gasteiger partial charge in [-0.25, -0.2) is 9.59 Å². The van der Waals surface area contributed by atoms with E-state index in [1.807, 2.05) is 0 Å². The topological polar surface area (TPSA) is 85.5 Å². The number of esters is 2. The van der Waals surface area contributed by atoms with Crippen molar-refractivity contribution >= 4 is 35.4 Å². The maximum absolute atomic E-state index is 12.5. The number of carbonyl (C=O) groups is 3. The van der Waals surface area contributed by atoms with Gasteiger partial charge in [-0.15, -0.1) is 0 Å². The van der Waals surface area contributed by atoms with Crippen molar-refractivity contribution in [2.45, 2.75) is 20.8 Å². The molecule has 0 atom stereocenters. The first-order valence-corrected chi connectivity index (χ1v) is 8.71. The van der Waals surface area contributed by atoms with Crippen molar-refractivity contribution < 1.29 is 23.9 Å². The monoisotopic (exact) mass is 389 g/mol. The van der Waals surface area contributed by atoms with Crippen molar-refractivity contribution in [2.24, 2.45) is 0 Å². The number of aromatic amines is 1. The van der Waals surface area contributed by atoms with E-state index in [1.54, 1.807) is 51.1 Å². The summed E-state index contributed by atoms with van der Waals surface area (Å²) in [6.45, 7) is 4.75. The molecule has 0 radical (unpaired) electrons. The van der Waals surface area contributed by atoms with Crippen LogP contribution in [-0.4, -0.2) is 35.9 Å². The summed E-state index contributed by atoms with van der Waals surface area (Å²) in [6, 6.07) is 6.89. The number of carbonyl (C=O) groups excluding carboxylic acids is 3. The Kier molecular flexibility index (Phi) is 6.96. The third-order valence-electron chi connectivity index (χ3n) is 3.76. The average Bonchev–Trinajstić information content (AvgIpc) is 2.93. The van der Waals surface area contributed by atoms with Crippen molar-refractivity contribution in [2.75, 3.05) is 13.2 Å². The summed E-state index contributed by atoms with van der Waals surface area (Å²) < 4.78 is 9.99. The van der Waals surface area contributed by atoms with Crippen LogP contribution in [0.25, 0.3) is 6.08 Å². The van der Waals surface area contributed by atoms with Crippen molar-refractivity contribution in [3.8, 4) is 0 Å². The molecule has 7 heteroatoms. The van der Waals surface area contributed by atoms with E-state index in [-0.39, 0.29) is 17.7 Å². The molecule has 6 nitrogen and oxygen atoms in total. The molecule has 2 aromatic rings. The largest absolute Gasteiger partial charge is 0.462 e. The summed E-state index contributed by atoms with van der Waals surface area (Å²) in [5.41, 5.74) is 2.17. The van der Waals surface area contributed by atoms with Gasteiger partial charge in [0.25, 0.3) is 0 Å². The Bertz CT molecular complexity index is 881. The zero-order valence-corrected chi connectivity index (χ0v) is 16.1. The molecule has 1 heterocycles. The number of ketones is 1. The Morgan fingerprint density at radius 1 is 1.04 bits per heavy atom. The smallest absolute Gasteiger partial charge is 0.340 e. The van der Waals surface area contributed by atoms with Gasteiger partial charge in [-0.05, 0) is 44.5 Å². The first-order valence-electron chi connectivity index (χ1n) is 8.33. The van der Waals surface area contributed by atoms with Crippen LogP contribution in [-0.2, 0) is 14.3 Å². The van der Waals surface area contributed by atoms with Crippen LogP contribution in [0.1, 0.15) is 44.6 Å². The number of aromatic nitrogens is 1. The molecule has 1 aromatic carbocycles. The molecule has 0 unspecified atom stereocenters. The molecule has 0 aliphatic heterocycles. The van der Waals surface area contributed by atoms with E-state index in [2.05, 4.69) is 4.98 Å². The van der Waals surface area contributed by atoms with E-state index in [0.29, 0.717) is 16.4 Å². The highest BCUT2D eigenvalue weighted by Crippen LogP contribution is 2.20. The lowest BCUT2D eigenvalue weighted by atomic mass is 10.1. The van der Waals surface area contributed by atoms with Gasteiger partial charge in [0.15, 0.2) is 6.61 Å². The summed E-state index contributed by atoms with van der Waals surface area (Å²) in [5.74, 6) is -1.73. The molecule has 0 saturated heterocycles. The van der Waals surface area contributed by atoms with E-state index in [0.717, 1.165) is 5.56 Å². The highest BCUT2D eigenvalue weighted by atomic mass is 35.5. The van der Waals surface area contributed by atoms with Gasteiger partial charge in [0, 0.05) is 22.5 Å². The Labute approximate surface area is 162 Å². The second-order valence-electron chi connectivity index (χ2n) is 5.76. The average molecular weight is 390 g/mol. The van der Waals surface area contributed by atoms with Gasteiger partial charge < -0.3 is 14.5 Å². The van der Waals surface area contributed by atoms with Crippen molar-refractivity contribution in [1.29, 1.82) is 0 Å². The lowest BCUT2D eigenvalue weighted by molar-refractivity contribution is -0.136. The molecule has 0 bridgehead atoms. The molecular formula is C20H20ClNO5. The van der Waals surface area contributed by atoms with Crippen LogP contribution in [0.3, 0.4) is 0 Å². The minimum atomic E-state index is -0.666. The van der Waals surface area contributed by atoms with E-state index in [1.165, 1.54) is 6.08 Å². The summed E-state index contributed by atoms with van der Waals surface area (Å²) in [6.07, 6.45) is 2.77. The summed E-state index contributed by atoms with van der Waals surface area (Å²) in [4.78, 5) is 39.4. The van der Waals surface area contributed by atoms with Crippen molar-refractivity contribution in [3.05, 3.63) is 63.4 Å². The predicted molar refractivity (Wildman–Crippen MR) is 102 cm³/mol. The van der Waals surface area contributed by atoms with Crippen molar-refractivity contribution in [3.63, 3.8) is 0 Å². The van der Waals surface area contributed by atoms with Crippen LogP contribution >= 0.6 is 11.6 Å². The van der Waals surface area contributed by atoms with Gasteiger partial charge in [0.2, 0.25) is 5.78 Å². The Hall–Kier alpha value is -2.86. The first-order chi connectivity index (χ1) is 12.8. The minimum absolute atomic E-state index is 0.173. The third kappa shape index (κ3) is 5.31. The number of hydrogen-bond acceptors (Lipinski definition) is 5. The van der Waals surface area contributed by atoms with E-state index < -0.39 is 24.3 Å². The van der Waals surface area contributed by atoms with Gasteiger partial charge in [0.05, 0.1) is 17.7 Å². The van der Waals surface area contributed by atoms with Gasteiger partial charge in [0.1, 0.15) is 0 Å². The second-order valence-corrected chi connectivity index (χ2v) is 6.20. The maximum atomic E-state index is 12.5. The number of rotatable bonds is 7. The molecule has 0 aliphatic rings. The summed E-state index contributed by atoms with van der Waals surface area (Å²) in [7, 11) is 0. The first kappa shape index (κ1) is 20.5. The maximum Gasteiger partial charge on any atom is 0.340 e. The Balaban J connectivity index is 2.04. The fraction of sp³-hybridized carbons (Fsp3) is 0.250. The molecule has 0 aliphatic carbocycles. The van der Waals surface area contributed by atoms with Crippen LogP contribution in [0.4, 0.5) is 0 Å². The minimum Gasteiger partial charge on any atom is -0.462 e. The summed E-state index contributed by atoms with van der Waals surface area (Å²) >= 11 is 5.80. The molecule has 0 spiro atoms. The molecule has 0 saturated carbocycles. The van der Waals surface area contributed by atoms with E-state index in [4.69, 9.17) is 21.1 Å². The SMILES string of the molecule is CCOC(=O)c1c(C)[nH]c(C)c1C(=O)COC(=O)/C=C/c1ccc(Cl)cc1. The number of hydrogen-bond donors (Lipinski definition) is 1. The van der Waals surface area contributed by atoms with E-state index in [9.17, 15) is 14.4 Å². The lowest BCUT2D eigenvalue weighted by Gasteiger charge is -2.06. The number of halogens is 1. The Morgan fingerprint density at radius 2 is 1.67 bits per heavy atom. The molecule has 27 heavy (non-hydrogen) atoms. The number of H-pyrrole nitrogens is 1. The van der Waals surface area contributed by atoms with Crippen LogP contribution in [0.15, 0.2) is 30.3 Å². The number of nitrogens with one attached hydrogen (secondary N) is 1. The molecule has 142 valence electrons. The predicted octanol–water partition coefficient (Wildman–Crippen LogP) is 3.90. The molecule has 2 rings (SSSR count). The zero-order chi connectivity index (χ0) is 20.0. The normalized spacial score (nSPS) is 10.8.